The van der Waals surface area contributed by atoms with Crippen LogP contribution in [-0.4, -0.2) is 18.6 Å². The van der Waals surface area contributed by atoms with Gasteiger partial charge in [-0.1, -0.05) is 29.3 Å². The Labute approximate surface area is 121 Å². The second-order valence-electron chi connectivity index (χ2n) is 3.94. The molecule has 0 spiro atoms. The van der Waals surface area contributed by atoms with Crippen LogP contribution in [-0.2, 0) is 10.0 Å². The zero-order valence-electron chi connectivity index (χ0n) is 9.89. The monoisotopic (exact) mass is 319 g/mol. The number of benzene rings is 1. The molecule has 1 heterocycles. The molecule has 0 aliphatic heterocycles. The highest BCUT2D eigenvalue weighted by molar-refractivity contribution is 7.89. The third kappa shape index (κ3) is 3.27. The number of rotatable bonds is 4. The first kappa shape index (κ1) is 14.3. The quantitative estimate of drug-likeness (QED) is 0.909. The third-order valence-electron chi connectivity index (χ3n) is 2.54. The molecule has 1 aromatic carbocycles. The van der Waals surface area contributed by atoms with Crippen LogP contribution >= 0.6 is 23.2 Å². The fourth-order valence-electron chi connectivity index (χ4n) is 1.60. The lowest BCUT2D eigenvalue weighted by atomic mass is 10.1. The number of sulfonamides is 1. The van der Waals surface area contributed by atoms with Gasteiger partial charge in [-0.2, -0.15) is 5.10 Å². The first-order chi connectivity index (χ1) is 8.90. The lowest BCUT2D eigenvalue weighted by Gasteiger charge is -2.15. The topological polar surface area (TPSA) is 74.8 Å². The number of nitrogens with one attached hydrogen (secondary N) is 2. The maximum absolute atomic E-state index is 12.0. The average molecular weight is 320 g/mol. The molecule has 1 atom stereocenters. The van der Waals surface area contributed by atoms with Gasteiger partial charge >= 0.3 is 0 Å². The molecule has 5 nitrogen and oxygen atoms in total. The van der Waals surface area contributed by atoms with Gasteiger partial charge in [-0.05, 0) is 24.6 Å². The highest BCUT2D eigenvalue weighted by Crippen LogP contribution is 2.27. The lowest BCUT2D eigenvalue weighted by molar-refractivity contribution is 0.567. The molecule has 0 aliphatic rings. The maximum Gasteiger partial charge on any atom is 0.244 e. The van der Waals surface area contributed by atoms with Crippen molar-refractivity contribution in [2.45, 2.75) is 17.9 Å². The lowest BCUT2D eigenvalue weighted by Crippen LogP contribution is -2.26. The fourth-order valence-corrected chi connectivity index (χ4v) is 3.30. The van der Waals surface area contributed by atoms with E-state index in [2.05, 4.69) is 14.9 Å². The average Bonchev–Trinajstić information content (AvgIpc) is 2.81. The van der Waals surface area contributed by atoms with Crippen molar-refractivity contribution in [2.24, 2.45) is 0 Å². The first-order valence-corrected chi connectivity index (χ1v) is 7.60. The maximum atomic E-state index is 12.0. The Kier molecular flexibility index (Phi) is 4.15. The summed E-state index contributed by atoms with van der Waals surface area (Å²) in [6, 6.07) is 4.43. The van der Waals surface area contributed by atoms with Gasteiger partial charge in [-0.3, -0.25) is 5.10 Å². The summed E-state index contributed by atoms with van der Waals surface area (Å²) in [5.74, 6) is 0. The zero-order chi connectivity index (χ0) is 14.0. The minimum absolute atomic E-state index is 0.0736. The Hall–Kier alpha value is -1.08. The number of aromatic nitrogens is 2. The van der Waals surface area contributed by atoms with Gasteiger partial charge in [-0.25, -0.2) is 13.1 Å². The number of hydrogen-bond acceptors (Lipinski definition) is 3. The van der Waals surface area contributed by atoms with Crippen LogP contribution in [0.1, 0.15) is 18.5 Å². The second kappa shape index (κ2) is 5.50. The molecule has 2 N–H and O–H groups in total. The van der Waals surface area contributed by atoms with Crippen LogP contribution in [0.15, 0.2) is 35.5 Å². The molecule has 0 aliphatic carbocycles. The van der Waals surface area contributed by atoms with Crippen molar-refractivity contribution in [1.29, 1.82) is 0 Å². The van der Waals surface area contributed by atoms with Crippen molar-refractivity contribution < 1.29 is 8.42 Å². The Morgan fingerprint density at radius 3 is 2.68 bits per heavy atom. The summed E-state index contributed by atoms with van der Waals surface area (Å²) >= 11 is 11.8. The minimum Gasteiger partial charge on any atom is -0.284 e. The smallest absolute Gasteiger partial charge is 0.244 e. The van der Waals surface area contributed by atoms with Gasteiger partial charge in [0, 0.05) is 22.3 Å². The molecule has 0 amide bonds. The van der Waals surface area contributed by atoms with Crippen molar-refractivity contribution in [3.8, 4) is 0 Å². The molecule has 0 radical (unpaired) electrons. The van der Waals surface area contributed by atoms with Gasteiger partial charge in [0.25, 0.3) is 0 Å². The van der Waals surface area contributed by atoms with Gasteiger partial charge in [0.1, 0.15) is 4.90 Å². The van der Waals surface area contributed by atoms with Crippen LogP contribution in [0.3, 0.4) is 0 Å². The molecule has 0 bridgehead atoms. The van der Waals surface area contributed by atoms with E-state index in [1.165, 1.54) is 12.4 Å². The van der Waals surface area contributed by atoms with Crippen molar-refractivity contribution >= 4 is 33.2 Å². The summed E-state index contributed by atoms with van der Waals surface area (Å²) in [7, 11) is -3.63. The Morgan fingerprint density at radius 1 is 1.37 bits per heavy atom. The van der Waals surface area contributed by atoms with Crippen LogP contribution in [0.4, 0.5) is 0 Å². The summed E-state index contributed by atoms with van der Waals surface area (Å²) in [6.07, 6.45) is 2.54. The normalized spacial score (nSPS) is 13.4. The zero-order valence-corrected chi connectivity index (χ0v) is 12.2. The van der Waals surface area contributed by atoms with Gasteiger partial charge in [0.15, 0.2) is 0 Å². The van der Waals surface area contributed by atoms with E-state index in [4.69, 9.17) is 23.2 Å². The van der Waals surface area contributed by atoms with E-state index < -0.39 is 16.1 Å². The molecule has 0 saturated heterocycles. The van der Waals surface area contributed by atoms with Crippen LogP contribution in [0.5, 0.6) is 0 Å². The van der Waals surface area contributed by atoms with E-state index in [1.807, 2.05) is 0 Å². The number of nitrogens with zero attached hydrogens (tertiary/aromatic N) is 1. The number of halogens is 2. The number of H-pyrrole nitrogens is 1. The molecule has 1 unspecified atom stereocenters. The number of hydrogen-bond donors (Lipinski definition) is 2. The summed E-state index contributed by atoms with van der Waals surface area (Å²) in [5, 5.41) is 6.98. The predicted octanol–water partition coefficient (Wildman–Crippen LogP) is 2.76. The molecular weight excluding hydrogens is 309 g/mol. The van der Waals surface area contributed by atoms with Crippen molar-refractivity contribution in [3.63, 3.8) is 0 Å². The van der Waals surface area contributed by atoms with Crippen LogP contribution in [0, 0.1) is 0 Å². The Bertz CT molecular complexity index is 671. The molecule has 2 aromatic rings. The van der Waals surface area contributed by atoms with Gasteiger partial charge in [0.05, 0.1) is 6.20 Å². The van der Waals surface area contributed by atoms with E-state index in [1.54, 1.807) is 25.1 Å². The molecule has 0 fully saturated rings. The van der Waals surface area contributed by atoms with E-state index in [0.717, 1.165) is 0 Å². The highest BCUT2D eigenvalue weighted by Gasteiger charge is 2.20. The standard InChI is InChI=1S/C11H11Cl2N3O2S/c1-7(10-3-2-8(12)4-11(10)13)16-19(17,18)9-5-14-15-6-9/h2-7,16H,1H3,(H,14,15). The van der Waals surface area contributed by atoms with Crippen molar-refractivity contribution in [3.05, 3.63) is 46.2 Å². The van der Waals surface area contributed by atoms with E-state index in [-0.39, 0.29) is 4.90 Å². The SMILES string of the molecule is CC(NS(=O)(=O)c1cn[nH]c1)c1ccc(Cl)cc1Cl. The van der Waals surface area contributed by atoms with Gasteiger partial charge < -0.3 is 0 Å². The number of aromatic amines is 1. The van der Waals surface area contributed by atoms with Crippen molar-refractivity contribution in [2.75, 3.05) is 0 Å². The van der Waals surface area contributed by atoms with Crippen LogP contribution in [0.25, 0.3) is 0 Å². The molecular formula is C11H11Cl2N3O2S. The molecule has 102 valence electrons. The molecule has 2 rings (SSSR count). The summed E-state index contributed by atoms with van der Waals surface area (Å²) in [4.78, 5) is 0.0736. The molecule has 1 aromatic heterocycles. The minimum atomic E-state index is -3.63. The molecule has 0 saturated carbocycles. The van der Waals surface area contributed by atoms with E-state index in [9.17, 15) is 8.42 Å². The van der Waals surface area contributed by atoms with Crippen molar-refractivity contribution in [1.82, 2.24) is 14.9 Å². The Balaban J connectivity index is 2.24. The summed E-state index contributed by atoms with van der Waals surface area (Å²) < 4.78 is 26.5. The van der Waals surface area contributed by atoms with Crippen LogP contribution in [0.2, 0.25) is 10.0 Å². The van der Waals surface area contributed by atoms with Gasteiger partial charge in [-0.15, -0.1) is 0 Å². The van der Waals surface area contributed by atoms with E-state index >= 15 is 0 Å². The highest BCUT2D eigenvalue weighted by atomic mass is 35.5. The fraction of sp³-hybridized carbons (Fsp3) is 0.182. The summed E-state index contributed by atoms with van der Waals surface area (Å²) in [6.45, 7) is 1.70. The van der Waals surface area contributed by atoms with Crippen LogP contribution < -0.4 is 4.72 Å². The summed E-state index contributed by atoms with van der Waals surface area (Å²) in [5.41, 5.74) is 0.651. The first-order valence-electron chi connectivity index (χ1n) is 5.36. The third-order valence-corrected chi connectivity index (χ3v) is 4.61. The largest absolute Gasteiger partial charge is 0.284 e. The predicted molar refractivity (Wildman–Crippen MR) is 73.8 cm³/mol. The second-order valence-corrected chi connectivity index (χ2v) is 6.50. The Morgan fingerprint density at radius 2 is 2.11 bits per heavy atom. The molecule has 19 heavy (non-hydrogen) atoms. The van der Waals surface area contributed by atoms with E-state index in [0.29, 0.717) is 15.6 Å². The van der Waals surface area contributed by atoms with Gasteiger partial charge in [0.2, 0.25) is 10.0 Å². The molecule has 8 heteroatoms.